The number of nitrogens with two attached hydrogens (primary N) is 1. The largest absolute Gasteiger partial charge is 0.380 e. The van der Waals surface area contributed by atoms with E-state index in [2.05, 4.69) is 10.4 Å². The number of pyridine rings is 1. The summed E-state index contributed by atoms with van der Waals surface area (Å²) >= 11 is 0. The molecule has 0 unspecified atom stereocenters. The lowest BCUT2D eigenvalue weighted by molar-refractivity contribution is 0.0711. The molecule has 1 amide bonds. The predicted molar refractivity (Wildman–Crippen MR) is 83.0 cm³/mol. The molecular weight excluding hydrogens is 268 g/mol. The van der Waals surface area contributed by atoms with Gasteiger partial charge >= 0.3 is 0 Å². The van der Waals surface area contributed by atoms with Gasteiger partial charge in [0, 0.05) is 31.8 Å². The molecule has 1 heterocycles. The SMILES string of the molecule is CCOCCN(C)C(=O)c1cnc(NN)c2ccccc12. The van der Waals surface area contributed by atoms with Gasteiger partial charge in [0.25, 0.3) is 5.91 Å². The number of nitrogens with zero attached hydrogens (tertiary/aromatic N) is 2. The number of hydrazine groups is 1. The fourth-order valence-corrected chi connectivity index (χ4v) is 2.13. The van der Waals surface area contributed by atoms with Gasteiger partial charge in [-0.3, -0.25) is 4.79 Å². The highest BCUT2D eigenvalue weighted by atomic mass is 16.5. The summed E-state index contributed by atoms with van der Waals surface area (Å²) in [5.74, 6) is 5.93. The van der Waals surface area contributed by atoms with Crippen molar-refractivity contribution >= 4 is 22.5 Å². The molecule has 0 fully saturated rings. The van der Waals surface area contributed by atoms with E-state index in [4.69, 9.17) is 10.6 Å². The zero-order chi connectivity index (χ0) is 15.2. The molecule has 0 spiro atoms. The van der Waals surface area contributed by atoms with Crippen molar-refractivity contribution in [3.8, 4) is 0 Å². The Kier molecular flexibility index (Phi) is 5.08. The molecule has 0 aliphatic heterocycles. The fourth-order valence-electron chi connectivity index (χ4n) is 2.13. The topological polar surface area (TPSA) is 80.5 Å². The summed E-state index contributed by atoms with van der Waals surface area (Å²) in [6.07, 6.45) is 1.55. The van der Waals surface area contributed by atoms with Gasteiger partial charge in [-0.05, 0) is 12.3 Å². The maximum atomic E-state index is 12.5. The minimum atomic E-state index is -0.0815. The lowest BCUT2D eigenvalue weighted by Gasteiger charge is -2.18. The Bertz CT molecular complexity index is 630. The number of carbonyl (C=O) groups excluding carboxylic acids is 1. The zero-order valence-corrected chi connectivity index (χ0v) is 12.3. The quantitative estimate of drug-likeness (QED) is 0.480. The van der Waals surface area contributed by atoms with Crippen LogP contribution < -0.4 is 11.3 Å². The highest BCUT2D eigenvalue weighted by molar-refractivity contribution is 6.09. The number of anilines is 1. The smallest absolute Gasteiger partial charge is 0.255 e. The normalized spacial score (nSPS) is 10.6. The number of ether oxygens (including phenoxy) is 1. The van der Waals surface area contributed by atoms with E-state index in [1.165, 1.54) is 0 Å². The number of carbonyl (C=O) groups is 1. The number of aromatic nitrogens is 1. The Morgan fingerprint density at radius 1 is 1.38 bits per heavy atom. The summed E-state index contributed by atoms with van der Waals surface area (Å²) in [6.45, 7) is 3.63. The number of amides is 1. The molecule has 6 heteroatoms. The van der Waals surface area contributed by atoms with E-state index in [9.17, 15) is 4.79 Å². The molecule has 0 saturated carbocycles. The molecule has 0 atom stereocenters. The first-order valence-corrected chi connectivity index (χ1v) is 6.86. The van der Waals surface area contributed by atoms with Crippen molar-refractivity contribution in [1.29, 1.82) is 0 Å². The van der Waals surface area contributed by atoms with Gasteiger partial charge in [0.05, 0.1) is 12.2 Å². The van der Waals surface area contributed by atoms with Crippen LogP contribution >= 0.6 is 0 Å². The highest BCUT2D eigenvalue weighted by Gasteiger charge is 2.16. The summed E-state index contributed by atoms with van der Waals surface area (Å²) in [5, 5.41) is 1.65. The number of hydrogen-bond donors (Lipinski definition) is 2. The molecule has 0 bridgehead atoms. The second-order valence-electron chi connectivity index (χ2n) is 4.63. The van der Waals surface area contributed by atoms with Gasteiger partial charge < -0.3 is 15.1 Å². The van der Waals surface area contributed by atoms with Crippen LogP contribution in [0.15, 0.2) is 30.5 Å². The number of benzene rings is 1. The number of nitrogens with one attached hydrogen (secondary N) is 1. The first-order valence-electron chi connectivity index (χ1n) is 6.86. The van der Waals surface area contributed by atoms with Gasteiger partial charge in [-0.15, -0.1) is 0 Å². The molecular formula is C15H20N4O2. The highest BCUT2D eigenvalue weighted by Crippen LogP contribution is 2.24. The number of hydrogen-bond acceptors (Lipinski definition) is 5. The van der Waals surface area contributed by atoms with Crippen molar-refractivity contribution in [2.75, 3.05) is 32.2 Å². The second kappa shape index (κ2) is 7.01. The molecule has 6 nitrogen and oxygen atoms in total. The van der Waals surface area contributed by atoms with Gasteiger partial charge in [0.1, 0.15) is 5.82 Å². The Labute approximate surface area is 123 Å². The Morgan fingerprint density at radius 3 is 2.76 bits per heavy atom. The first-order chi connectivity index (χ1) is 10.2. The van der Waals surface area contributed by atoms with E-state index in [1.807, 2.05) is 31.2 Å². The van der Waals surface area contributed by atoms with Gasteiger partial charge in [-0.25, -0.2) is 10.8 Å². The van der Waals surface area contributed by atoms with E-state index in [1.54, 1.807) is 18.1 Å². The van der Waals surface area contributed by atoms with Crippen LogP contribution in [-0.2, 0) is 4.74 Å². The molecule has 0 aliphatic carbocycles. The van der Waals surface area contributed by atoms with Crippen LogP contribution in [-0.4, -0.2) is 42.6 Å². The predicted octanol–water partition coefficient (Wildman–Crippen LogP) is 1.63. The van der Waals surface area contributed by atoms with Gasteiger partial charge in [0.2, 0.25) is 0 Å². The molecule has 2 rings (SSSR count). The molecule has 0 aliphatic rings. The molecule has 2 aromatic rings. The van der Waals surface area contributed by atoms with Crippen molar-refractivity contribution in [3.63, 3.8) is 0 Å². The lowest BCUT2D eigenvalue weighted by atomic mass is 10.1. The van der Waals surface area contributed by atoms with Crippen LogP contribution in [0.3, 0.4) is 0 Å². The summed E-state index contributed by atoms with van der Waals surface area (Å²) < 4.78 is 5.28. The molecule has 0 saturated heterocycles. The van der Waals surface area contributed by atoms with E-state index < -0.39 is 0 Å². The maximum Gasteiger partial charge on any atom is 0.255 e. The summed E-state index contributed by atoms with van der Waals surface area (Å²) in [7, 11) is 1.76. The van der Waals surface area contributed by atoms with Crippen molar-refractivity contribution in [2.24, 2.45) is 5.84 Å². The number of rotatable bonds is 6. The number of likely N-dealkylation sites (N-methyl/N-ethyl adjacent to an activating group) is 1. The molecule has 1 aromatic heterocycles. The zero-order valence-electron chi connectivity index (χ0n) is 12.3. The Morgan fingerprint density at radius 2 is 2.10 bits per heavy atom. The Hall–Kier alpha value is -2.18. The lowest BCUT2D eigenvalue weighted by Crippen LogP contribution is -2.30. The minimum absolute atomic E-state index is 0.0815. The third kappa shape index (κ3) is 3.29. The van der Waals surface area contributed by atoms with Crippen molar-refractivity contribution < 1.29 is 9.53 Å². The van der Waals surface area contributed by atoms with Gasteiger partial charge in [-0.1, -0.05) is 24.3 Å². The van der Waals surface area contributed by atoms with Crippen molar-refractivity contribution in [2.45, 2.75) is 6.92 Å². The third-order valence-corrected chi connectivity index (χ3v) is 3.28. The average molecular weight is 288 g/mol. The van der Waals surface area contributed by atoms with Crippen LogP contribution in [0.25, 0.3) is 10.8 Å². The second-order valence-corrected chi connectivity index (χ2v) is 4.63. The maximum absolute atomic E-state index is 12.5. The summed E-state index contributed by atoms with van der Waals surface area (Å²) in [4.78, 5) is 18.4. The van der Waals surface area contributed by atoms with E-state index in [0.717, 1.165) is 10.8 Å². The minimum Gasteiger partial charge on any atom is -0.380 e. The van der Waals surface area contributed by atoms with Crippen molar-refractivity contribution in [3.05, 3.63) is 36.0 Å². The third-order valence-electron chi connectivity index (χ3n) is 3.28. The van der Waals surface area contributed by atoms with E-state index in [0.29, 0.717) is 31.1 Å². The molecule has 1 aromatic carbocycles. The molecule has 112 valence electrons. The number of nitrogen functional groups attached to an aromatic ring is 1. The van der Waals surface area contributed by atoms with Gasteiger partial charge in [0.15, 0.2) is 0 Å². The monoisotopic (exact) mass is 288 g/mol. The van der Waals surface area contributed by atoms with Crippen LogP contribution in [0.1, 0.15) is 17.3 Å². The molecule has 3 N–H and O–H groups in total. The first kappa shape index (κ1) is 15.2. The Balaban J connectivity index is 2.31. The van der Waals surface area contributed by atoms with Gasteiger partial charge in [-0.2, -0.15) is 0 Å². The number of fused-ring (bicyclic) bond motifs is 1. The van der Waals surface area contributed by atoms with Crippen LogP contribution in [0, 0.1) is 0 Å². The molecule has 21 heavy (non-hydrogen) atoms. The average Bonchev–Trinajstić information content (AvgIpc) is 2.53. The van der Waals surface area contributed by atoms with Crippen LogP contribution in [0.5, 0.6) is 0 Å². The van der Waals surface area contributed by atoms with E-state index >= 15 is 0 Å². The molecule has 0 radical (unpaired) electrons. The summed E-state index contributed by atoms with van der Waals surface area (Å²) in [6, 6.07) is 7.55. The standard InChI is InChI=1S/C15H20N4O2/c1-3-21-9-8-19(2)15(20)13-10-17-14(18-16)12-7-5-4-6-11(12)13/h4-7,10H,3,8-9,16H2,1-2H3,(H,17,18). The van der Waals surface area contributed by atoms with E-state index in [-0.39, 0.29) is 5.91 Å². The van der Waals surface area contributed by atoms with Crippen molar-refractivity contribution in [1.82, 2.24) is 9.88 Å². The fraction of sp³-hybridized carbons (Fsp3) is 0.333. The van der Waals surface area contributed by atoms with Crippen LogP contribution in [0.2, 0.25) is 0 Å². The summed E-state index contributed by atoms with van der Waals surface area (Å²) in [5.41, 5.74) is 3.11. The van der Waals surface area contributed by atoms with Crippen LogP contribution in [0.4, 0.5) is 5.82 Å².